The zero-order valence-corrected chi connectivity index (χ0v) is 12.9. The molecule has 0 atom stereocenters. The number of aryl methyl sites for hydroxylation is 2. The van der Waals surface area contributed by atoms with Crippen LogP contribution in [0.1, 0.15) is 18.4 Å². The molecule has 0 unspecified atom stereocenters. The number of benzene rings is 1. The SMILES string of the molecule is Cc1cc(I)ccc1NC(=O)CCCn1cccn1. The minimum absolute atomic E-state index is 0.0523. The van der Waals surface area contributed by atoms with Crippen LogP contribution >= 0.6 is 22.6 Å². The maximum atomic E-state index is 11.8. The van der Waals surface area contributed by atoms with Gasteiger partial charge in [-0.25, -0.2) is 0 Å². The van der Waals surface area contributed by atoms with Gasteiger partial charge in [0.2, 0.25) is 5.91 Å². The topological polar surface area (TPSA) is 46.9 Å². The molecule has 0 aliphatic heterocycles. The van der Waals surface area contributed by atoms with Crippen LogP contribution in [0.2, 0.25) is 0 Å². The van der Waals surface area contributed by atoms with Gasteiger partial charge in [-0.1, -0.05) is 0 Å². The number of halogens is 1. The van der Waals surface area contributed by atoms with E-state index in [1.54, 1.807) is 6.20 Å². The average molecular weight is 369 g/mol. The van der Waals surface area contributed by atoms with Crippen molar-refractivity contribution < 1.29 is 4.79 Å². The molecule has 2 rings (SSSR count). The van der Waals surface area contributed by atoms with Gasteiger partial charge < -0.3 is 5.32 Å². The van der Waals surface area contributed by atoms with Crippen molar-refractivity contribution >= 4 is 34.2 Å². The highest BCUT2D eigenvalue weighted by Crippen LogP contribution is 2.18. The Kier molecular flexibility index (Phi) is 4.95. The van der Waals surface area contributed by atoms with Gasteiger partial charge in [0.1, 0.15) is 0 Å². The summed E-state index contributed by atoms with van der Waals surface area (Å²) in [5, 5.41) is 7.05. The molecule has 0 radical (unpaired) electrons. The summed E-state index contributed by atoms with van der Waals surface area (Å²) >= 11 is 2.26. The molecule has 0 aliphatic rings. The van der Waals surface area contributed by atoms with Crippen LogP contribution in [0.15, 0.2) is 36.7 Å². The summed E-state index contributed by atoms with van der Waals surface area (Å²) in [6, 6.07) is 7.88. The van der Waals surface area contributed by atoms with Crippen molar-refractivity contribution in [1.82, 2.24) is 9.78 Å². The normalized spacial score (nSPS) is 10.4. The minimum atomic E-state index is 0.0523. The van der Waals surface area contributed by atoms with Crippen LogP contribution in [0.3, 0.4) is 0 Å². The quantitative estimate of drug-likeness (QED) is 0.823. The van der Waals surface area contributed by atoms with Gasteiger partial charge in [0.25, 0.3) is 0 Å². The summed E-state index contributed by atoms with van der Waals surface area (Å²) in [5.74, 6) is 0.0523. The Morgan fingerprint density at radius 3 is 3.00 bits per heavy atom. The fourth-order valence-electron chi connectivity index (χ4n) is 1.81. The molecule has 1 amide bonds. The van der Waals surface area contributed by atoms with E-state index in [9.17, 15) is 4.79 Å². The van der Waals surface area contributed by atoms with Gasteiger partial charge in [0, 0.05) is 34.6 Å². The van der Waals surface area contributed by atoms with Crippen molar-refractivity contribution in [2.75, 3.05) is 5.32 Å². The third-order valence-corrected chi connectivity index (χ3v) is 3.48. The molecule has 0 aliphatic carbocycles. The first-order chi connectivity index (χ1) is 9.15. The van der Waals surface area contributed by atoms with Crippen molar-refractivity contribution in [3.8, 4) is 0 Å². The molecule has 1 N–H and O–H groups in total. The second-order valence-electron chi connectivity index (χ2n) is 4.38. The average Bonchev–Trinajstić information content (AvgIpc) is 2.86. The summed E-state index contributed by atoms with van der Waals surface area (Å²) in [5.41, 5.74) is 1.98. The van der Waals surface area contributed by atoms with Gasteiger partial charge in [-0.2, -0.15) is 5.10 Å². The molecule has 2 aromatic rings. The van der Waals surface area contributed by atoms with Crippen LogP contribution in [0.25, 0.3) is 0 Å². The van der Waals surface area contributed by atoms with E-state index in [4.69, 9.17) is 0 Å². The van der Waals surface area contributed by atoms with E-state index in [1.807, 2.05) is 36.0 Å². The van der Waals surface area contributed by atoms with Gasteiger partial charge in [-0.15, -0.1) is 0 Å². The Balaban J connectivity index is 1.80. The number of carbonyl (C=O) groups is 1. The Morgan fingerprint density at radius 2 is 2.32 bits per heavy atom. The molecule has 100 valence electrons. The number of carbonyl (C=O) groups excluding carboxylic acids is 1. The van der Waals surface area contributed by atoms with E-state index in [0.717, 1.165) is 24.2 Å². The largest absolute Gasteiger partial charge is 0.326 e. The number of anilines is 1. The molecular weight excluding hydrogens is 353 g/mol. The molecule has 0 saturated carbocycles. The first-order valence-electron chi connectivity index (χ1n) is 6.18. The molecule has 1 heterocycles. The lowest BCUT2D eigenvalue weighted by Crippen LogP contribution is -2.13. The highest BCUT2D eigenvalue weighted by molar-refractivity contribution is 14.1. The first kappa shape index (κ1) is 14.0. The monoisotopic (exact) mass is 369 g/mol. The number of amides is 1. The third kappa shape index (κ3) is 4.34. The lowest BCUT2D eigenvalue weighted by atomic mass is 10.2. The molecule has 0 fully saturated rings. The fourth-order valence-corrected chi connectivity index (χ4v) is 2.46. The standard InChI is InChI=1S/C14H16IN3O/c1-11-10-12(15)5-6-13(11)17-14(19)4-2-8-18-9-3-7-16-18/h3,5-7,9-10H,2,4,8H2,1H3,(H,17,19). The second kappa shape index (κ2) is 6.70. The Hall–Kier alpha value is -1.37. The smallest absolute Gasteiger partial charge is 0.224 e. The van der Waals surface area contributed by atoms with Crippen molar-refractivity contribution in [2.45, 2.75) is 26.3 Å². The molecular formula is C14H16IN3O. The summed E-state index contributed by atoms with van der Waals surface area (Å²) in [7, 11) is 0. The Morgan fingerprint density at radius 1 is 1.47 bits per heavy atom. The van der Waals surface area contributed by atoms with E-state index >= 15 is 0 Å². The van der Waals surface area contributed by atoms with Crippen molar-refractivity contribution in [3.05, 3.63) is 45.8 Å². The fraction of sp³-hybridized carbons (Fsp3) is 0.286. The van der Waals surface area contributed by atoms with Gasteiger partial charge in [-0.05, 0) is 65.8 Å². The number of hydrogen-bond donors (Lipinski definition) is 1. The number of aromatic nitrogens is 2. The zero-order chi connectivity index (χ0) is 13.7. The zero-order valence-electron chi connectivity index (χ0n) is 10.8. The van der Waals surface area contributed by atoms with Gasteiger partial charge in [0.05, 0.1) is 0 Å². The van der Waals surface area contributed by atoms with Gasteiger partial charge in [-0.3, -0.25) is 9.48 Å². The van der Waals surface area contributed by atoms with E-state index in [1.165, 1.54) is 3.57 Å². The molecule has 0 saturated heterocycles. The van der Waals surface area contributed by atoms with Crippen LogP contribution in [0.4, 0.5) is 5.69 Å². The minimum Gasteiger partial charge on any atom is -0.326 e. The summed E-state index contributed by atoms with van der Waals surface area (Å²) < 4.78 is 3.01. The van der Waals surface area contributed by atoms with E-state index < -0.39 is 0 Å². The highest BCUT2D eigenvalue weighted by atomic mass is 127. The highest BCUT2D eigenvalue weighted by Gasteiger charge is 2.05. The third-order valence-electron chi connectivity index (χ3n) is 2.81. The lowest BCUT2D eigenvalue weighted by molar-refractivity contribution is -0.116. The molecule has 1 aromatic heterocycles. The van der Waals surface area contributed by atoms with Crippen molar-refractivity contribution in [1.29, 1.82) is 0 Å². The number of hydrogen-bond acceptors (Lipinski definition) is 2. The molecule has 0 bridgehead atoms. The summed E-state index contributed by atoms with van der Waals surface area (Å²) in [6.07, 6.45) is 4.94. The Labute approximate surface area is 126 Å². The van der Waals surface area contributed by atoms with E-state index in [-0.39, 0.29) is 5.91 Å². The second-order valence-corrected chi connectivity index (χ2v) is 5.63. The van der Waals surface area contributed by atoms with Gasteiger partial charge in [0.15, 0.2) is 0 Å². The van der Waals surface area contributed by atoms with Crippen LogP contribution < -0.4 is 5.32 Å². The van der Waals surface area contributed by atoms with Crippen LogP contribution in [-0.4, -0.2) is 15.7 Å². The molecule has 4 nitrogen and oxygen atoms in total. The molecule has 5 heteroatoms. The van der Waals surface area contributed by atoms with Crippen LogP contribution in [0, 0.1) is 10.5 Å². The van der Waals surface area contributed by atoms with Crippen LogP contribution in [-0.2, 0) is 11.3 Å². The first-order valence-corrected chi connectivity index (χ1v) is 7.26. The lowest BCUT2D eigenvalue weighted by Gasteiger charge is -2.08. The summed E-state index contributed by atoms with van der Waals surface area (Å²) in [4.78, 5) is 11.8. The number of nitrogens with zero attached hydrogens (tertiary/aromatic N) is 2. The van der Waals surface area contributed by atoms with Crippen molar-refractivity contribution in [2.24, 2.45) is 0 Å². The van der Waals surface area contributed by atoms with E-state index in [2.05, 4.69) is 39.1 Å². The van der Waals surface area contributed by atoms with Gasteiger partial charge >= 0.3 is 0 Å². The number of rotatable bonds is 5. The predicted molar refractivity (Wildman–Crippen MR) is 84.0 cm³/mol. The number of nitrogens with one attached hydrogen (secondary N) is 1. The molecule has 19 heavy (non-hydrogen) atoms. The Bertz CT molecular complexity index is 552. The van der Waals surface area contributed by atoms with Crippen LogP contribution in [0.5, 0.6) is 0 Å². The molecule has 0 spiro atoms. The van der Waals surface area contributed by atoms with Crippen molar-refractivity contribution in [3.63, 3.8) is 0 Å². The maximum absolute atomic E-state index is 11.8. The molecule has 1 aromatic carbocycles. The predicted octanol–water partition coefficient (Wildman–Crippen LogP) is 3.22. The maximum Gasteiger partial charge on any atom is 0.224 e. The summed E-state index contributed by atoms with van der Waals surface area (Å²) in [6.45, 7) is 2.77. The van der Waals surface area contributed by atoms with E-state index in [0.29, 0.717) is 6.42 Å².